The van der Waals surface area contributed by atoms with E-state index in [0.29, 0.717) is 25.2 Å². The molecule has 0 N–H and O–H groups in total. The van der Waals surface area contributed by atoms with Gasteiger partial charge in [-0.15, -0.1) is 0 Å². The van der Waals surface area contributed by atoms with E-state index in [1.54, 1.807) is 30.3 Å². The minimum Gasteiger partial charge on any atom is -0.487 e. The average Bonchev–Trinajstić information content (AvgIpc) is 3.07. The Hall–Kier alpha value is -2.47. The van der Waals surface area contributed by atoms with Gasteiger partial charge in [0, 0.05) is 16.6 Å². The van der Waals surface area contributed by atoms with Gasteiger partial charge < -0.3 is 4.74 Å². The van der Waals surface area contributed by atoms with Gasteiger partial charge >= 0.3 is 0 Å². The molecule has 3 aromatic rings. The molecule has 35 heavy (non-hydrogen) atoms. The van der Waals surface area contributed by atoms with E-state index in [1.165, 1.54) is 17.0 Å². The maximum absolute atomic E-state index is 12.9. The van der Waals surface area contributed by atoms with Crippen LogP contribution >= 0.6 is 59.6 Å². The highest BCUT2D eigenvalue weighted by molar-refractivity contribution is 9.11. The van der Waals surface area contributed by atoms with Gasteiger partial charge in [-0.2, -0.15) is 0 Å². The third-order valence-corrected chi connectivity index (χ3v) is 7.59. The number of non-ortho nitro benzene ring substituents is 1. The fourth-order valence-electron chi connectivity index (χ4n) is 3.23. The van der Waals surface area contributed by atoms with Crippen LogP contribution in [0.2, 0.25) is 0 Å². The number of imide groups is 1. The second-order valence-electron chi connectivity index (χ2n) is 7.42. The standard InChI is InChI=1S/C24H15Br3N2O5S/c25-17-5-1-14(2-6-17)12-28-23(30)21(35-24(28)31)11-16-9-19(26)22(20(27)10-16)34-13-15-3-7-18(8-4-15)29(32)33/h1-11H,12-13H2/b21-11-. The fraction of sp³-hybridized carbons (Fsp3) is 0.0833. The second-order valence-corrected chi connectivity index (χ2v) is 11.0. The lowest BCUT2D eigenvalue weighted by molar-refractivity contribution is -0.384. The van der Waals surface area contributed by atoms with Gasteiger partial charge in [0.05, 0.1) is 25.3 Å². The highest BCUT2D eigenvalue weighted by Crippen LogP contribution is 2.38. The molecule has 0 saturated carbocycles. The van der Waals surface area contributed by atoms with Crippen LogP contribution in [0, 0.1) is 10.1 Å². The maximum atomic E-state index is 12.9. The van der Waals surface area contributed by atoms with E-state index in [-0.39, 0.29) is 30.0 Å². The number of nitro groups is 1. The zero-order chi connectivity index (χ0) is 25.1. The molecule has 2 amide bonds. The van der Waals surface area contributed by atoms with Gasteiger partial charge in [-0.05, 0) is 103 Å². The molecular weight excluding hydrogens is 668 g/mol. The minimum atomic E-state index is -0.452. The fourth-order valence-corrected chi connectivity index (χ4v) is 5.78. The Balaban J connectivity index is 1.47. The molecule has 11 heteroatoms. The summed E-state index contributed by atoms with van der Waals surface area (Å²) in [5, 5.41) is 10.5. The highest BCUT2D eigenvalue weighted by Gasteiger charge is 2.35. The molecule has 1 aliphatic rings. The van der Waals surface area contributed by atoms with E-state index in [1.807, 2.05) is 24.3 Å². The zero-order valence-corrected chi connectivity index (χ0v) is 23.3. The molecule has 0 aromatic heterocycles. The summed E-state index contributed by atoms with van der Waals surface area (Å²) in [6, 6.07) is 17.2. The number of hydrogen-bond donors (Lipinski definition) is 0. The van der Waals surface area contributed by atoms with Gasteiger partial charge in [-0.1, -0.05) is 28.1 Å². The first kappa shape index (κ1) is 25.6. The van der Waals surface area contributed by atoms with Gasteiger partial charge in [0.15, 0.2) is 0 Å². The summed E-state index contributed by atoms with van der Waals surface area (Å²) in [5.74, 6) is 0.206. The molecule has 0 radical (unpaired) electrons. The van der Waals surface area contributed by atoms with Crippen LogP contribution in [0.3, 0.4) is 0 Å². The normalized spacial score (nSPS) is 14.6. The van der Waals surface area contributed by atoms with Crippen molar-refractivity contribution in [3.05, 3.63) is 106 Å². The van der Waals surface area contributed by atoms with E-state index in [0.717, 1.165) is 27.4 Å². The third-order valence-electron chi connectivity index (χ3n) is 4.98. The smallest absolute Gasteiger partial charge is 0.293 e. The Bertz CT molecular complexity index is 1320. The van der Waals surface area contributed by atoms with E-state index in [9.17, 15) is 19.7 Å². The Labute approximate surface area is 230 Å². The average molecular weight is 683 g/mol. The number of benzene rings is 3. The number of rotatable bonds is 7. The summed E-state index contributed by atoms with van der Waals surface area (Å²) in [6.45, 7) is 0.418. The van der Waals surface area contributed by atoms with Crippen LogP contribution in [0.4, 0.5) is 10.5 Å². The molecule has 0 aliphatic carbocycles. The number of ether oxygens (including phenoxy) is 1. The van der Waals surface area contributed by atoms with Gasteiger partial charge in [0.1, 0.15) is 12.4 Å². The van der Waals surface area contributed by atoms with E-state index < -0.39 is 4.92 Å². The lowest BCUT2D eigenvalue weighted by Crippen LogP contribution is -2.27. The number of hydrogen-bond acceptors (Lipinski definition) is 6. The molecule has 0 bridgehead atoms. The van der Waals surface area contributed by atoms with Crippen molar-refractivity contribution in [3.8, 4) is 5.75 Å². The van der Waals surface area contributed by atoms with Crippen molar-refractivity contribution in [1.82, 2.24) is 4.90 Å². The van der Waals surface area contributed by atoms with Crippen LogP contribution in [0.5, 0.6) is 5.75 Å². The molecule has 7 nitrogen and oxygen atoms in total. The molecule has 0 spiro atoms. The van der Waals surface area contributed by atoms with Crippen LogP contribution in [0.1, 0.15) is 16.7 Å². The molecule has 4 rings (SSSR count). The Kier molecular flexibility index (Phi) is 8.10. The summed E-state index contributed by atoms with van der Waals surface area (Å²) in [7, 11) is 0. The summed E-state index contributed by atoms with van der Waals surface area (Å²) >= 11 is 11.3. The first-order valence-electron chi connectivity index (χ1n) is 10.1. The van der Waals surface area contributed by atoms with Gasteiger partial charge in [0.2, 0.25) is 0 Å². The lowest BCUT2D eigenvalue weighted by atomic mass is 10.2. The molecule has 3 aromatic carbocycles. The molecule has 1 saturated heterocycles. The van der Waals surface area contributed by atoms with Crippen molar-refractivity contribution in [1.29, 1.82) is 0 Å². The SMILES string of the molecule is O=C1S/C(=C\c2cc(Br)c(OCc3ccc([N+](=O)[O-])cc3)c(Br)c2)C(=O)N1Cc1ccc(Br)cc1. The number of nitrogens with zero attached hydrogens (tertiary/aromatic N) is 2. The second kappa shape index (κ2) is 11.1. The van der Waals surface area contributed by atoms with E-state index in [2.05, 4.69) is 47.8 Å². The quantitative estimate of drug-likeness (QED) is 0.144. The molecule has 1 aliphatic heterocycles. The van der Waals surface area contributed by atoms with Gasteiger partial charge in [-0.3, -0.25) is 24.6 Å². The van der Waals surface area contributed by atoms with Crippen LogP contribution in [-0.4, -0.2) is 21.0 Å². The number of thioether (sulfide) groups is 1. The summed E-state index contributed by atoms with van der Waals surface area (Å²) in [5.41, 5.74) is 2.36. The van der Waals surface area contributed by atoms with Crippen molar-refractivity contribution in [2.75, 3.05) is 0 Å². The van der Waals surface area contributed by atoms with Crippen molar-refractivity contribution < 1.29 is 19.2 Å². The monoisotopic (exact) mass is 680 g/mol. The molecule has 178 valence electrons. The van der Waals surface area contributed by atoms with Gasteiger partial charge in [-0.25, -0.2) is 0 Å². The highest BCUT2D eigenvalue weighted by atomic mass is 79.9. The number of amides is 2. The minimum absolute atomic E-state index is 0.0155. The Morgan fingerprint density at radius 3 is 2.14 bits per heavy atom. The number of nitro benzene ring substituents is 1. The van der Waals surface area contributed by atoms with Crippen LogP contribution in [0.25, 0.3) is 6.08 Å². The predicted molar refractivity (Wildman–Crippen MR) is 145 cm³/mol. The topological polar surface area (TPSA) is 89.7 Å². The number of halogens is 3. The van der Waals surface area contributed by atoms with Crippen LogP contribution < -0.4 is 4.74 Å². The largest absolute Gasteiger partial charge is 0.487 e. The maximum Gasteiger partial charge on any atom is 0.293 e. The summed E-state index contributed by atoms with van der Waals surface area (Å²) < 4.78 is 8.10. The molecule has 1 heterocycles. The van der Waals surface area contributed by atoms with Crippen molar-refractivity contribution in [2.24, 2.45) is 0 Å². The lowest BCUT2D eigenvalue weighted by Gasteiger charge is -2.13. The van der Waals surface area contributed by atoms with Gasteiger partial charge in [0.25, 0.3) is 16.8 Å². The summed E-state index contributed by atoms with van der Waals surface area (Å²) in [6.07, 6.45) is 1.67. The van der Waals surface area contributed by atoms with Crippen molar-refractivity contribution >= 4 is 82.5 Å². The first-order valence-corrected chi connectivity index (χ1v) is 13.3. The Morgan fingerprint density at radius 2 is 1.54 bits per heavy atom. The molecular formula is C24H15Br3N2O5S. The van der Waals surface area contributed by atoms with Crippen LogP contribution in [0.15, 0.2) is 79.0 Å². The first-order chi connectivity index (χ1) is 16.7. The Morgan fingerprint density at radius 1 is 0.943 bits per heavy atom. The van der Waals surface area contributed by atoms with Crippen molar-refractivity contribution in [3.63, 3.8) is 0 Å². The molecule has 0 atom stereocenters. The van der Waals surface area contributed by atoms with Crippen LogP contribution in [-0.2, 0) is 17.9 Å². The third kappa shape index (κ3) is 6.21. The molecule has 0 unspecified atom stereocenters. The van der Waals surface area contributed by atoms with E-state index >= 15 is 0 Å². The number of carbonyl (C=O) groups excluding carboxylic acids is 2. The van der Waals surface area contributed by atoms with E-state index in [4.69, 9.17) is 4.74 Å². The predicted octanol–water partition coefficient (Wildman–Crippen LogP) is 7.70. The van der Waals surface area contributed by atoms with Crippen molar-refractivity contribution in [2.45, 2.75) is 13.2 Å². The summed E-state index contributed by atoms with van der Waals surface area (Å²) in [4.78, 5) is 37.2. The number of carbonyl (C=O) groups is 2. The molecule has 1 fully saturated rings. The zero-order valence-electron chi connectivity index (χ0n) is 17.7.